The Kier molecular flexibility index (Phi) is 1.87. The number of hydrogen-bond donors (Lipinski definition) is 1. The Hall–Kier alpha value is -0.670. The van der Waals surface area contributed by atoms with Gasteiger partial charge in [0.1, 0.15) is 0 Å². The molecule has 1 saturated heterocycles. The molecule has 0 aliphatic carbocycles. The molecule has 0 aromatic rings. The van der Waals surface area contributed by atoms with Gasteiger partial charge in [-0.05, 0) is 6.42 Å². The average molecular weight is 149 g/mol. The first kappa shape index (κ1) is 7.44. The maximum Gasteiger partial charge on any atom is 0.265 e. The van der Waals surface area contributed by atoms with E-state index in [4.69, 9.17) is 0 Å². The molecule has 4 heteroatoms. The number of carbonyl (C=O) groups is 1. The standard InChI is InChI=1S/C6H9F2NO/c7-6(8)3-1-2-5(10)9-4-6/h1-4H2,(H,9,10). The van der Waals surface area contributed by atoms with E-state index in [0.29, 0.717) is 6.42 Å². The third-order valence-electron chi connectivity index (χ3n) is 1.49. The summed E-state index contributed by atoms with van der Waals surface area (Å²) < 4.78 is 24.8. The molecule has 1 N–H and O–H groups in total. The van der Waals surface area contributed by atoms with Crippen molar-refractivity contribution in [2.45, 2.75) is 25.2 Å². The van der Waals surface area contributed by atoms with Crippen molar-refractivity contribution >= 4 is 5.91 Å². The summed E-state index contributed by atoms with van der Waals surface area (Å²) in [6, 6.07) is 0. The summed E-state index contributed by atoms with van der Waals surface area (Å²) in [5.74, 6) is -2.95. The minimum atomic E-state index is -2.69. The minimum absolute atomic E-state index is 0.175. The van der Waals surface area contributed by atoms with Gasteiger partial charge in [-0.25, -0.2) is 8.78 Å². The van der Waals surface area contributed by atoms with Crippen LogP contribution in [0.4, 0.5) is 8.78 Å². The topological polar surface area (TPSA) is 29.1 Å². The average Bonchev–Trinajstić information content (AvgIpc) is 1.94. The van der Waals surface area contributed by atoms with Crippen molar-refractivity contribution in [2.24, 2.45) is 0 Å². The van der Waals surface area contributed by atoms with E-state index in [2.05, 4.69) is 5.32 Å². The molecule has 1 rings (SSSR count). The number of amides is 1. The summed E-state index contributed by atoms with van der Waals surface area (Å²) in [5, 5.41) is 2.15. The van der Waals surface area contributed by atoms with Crippen molar-refractivity contribution < 1.29 is 13.6 Å². The molecule has 0 bridgehead atoms. The van der Waals surface area contributed by atoms with Crippen LogP contribution in [0.3, 0.4) is 0 Å². The Balaban J connectivity index is 2.48. The van der Waals surface area contributed by atoms with Gasteiger partial charge < -0.3 is 5.32 Å². The van der Waals surface area contributed by atoms with Crippen molar-refractivity contribution in [3.05, 3.63) is 0 Å². The van der Waals surface area contributed by atoms with E-state index < -0.39 is 12.5 Å². The zero-order valence-electron chi connectivity index (χ0n) is 5.49. The molecule has 1 aliphatic heterocycles. The molecule has 0 unspecified atom stereocenters. The summed E-state index contributed by atoms with van der Waals surface area (Å²) in [6.45, 7) is -0.494. The summed E-state index contributed by atoms with van der Waals surface area (Å²) in [4.78, 5) is 10.5. The minimum Gasteiger partial charge on any atom is -0.350 e. The normalized spacial score (nSPS) is 25.2. The number of rotatable bonds is 0. The molecule has 0 aromatic heterocycles. The second kappa shape index (κ2) is 2.52. The number of halogens is 2. The predicted octanol–water partition coefficient (Wildman–Crippen LogP) is 0.922. The highest BCUT2D eigenvalue weighted by atomic mass is 19.3. The first-order valence-corrected chi connectivity index (χ1v) is 3.25. The lowest BCUT2D eigenvalue weighted by Gasteiger charge is -2.11. The van der Waals surface area contributed by atoms with Gasteiger partial charge in [-0.2, -0.15) is 0 Å². The van der Waals surface area contributed by atoms with E-state index in [-0.39, 0.29) is 18.7 Å². The summed E-state index contributed by atoms with van der Waals surface area (Å²) in [7, 11) is 0. The first-order chi connectivity index (χ1) is 4.60. The van der Waals surface area contributed by atoms with E-state index in [1.54, 1.807) is 0 Å². The molecule has 58 valence electrons. The Morgan fingerprint density at radius 1 is 1.50 bits per heavy atom. The molecule has 0 radical (unpaired) electrons. The van der Waals surface area contributed by atoms with Gasteiger partial charge in [-0.15, -0.1) is 0 Å². The van der Waals surface area contributed by atoms with Gasteiger partial charge in [0.2, 0.25) is 5.91 Å². The Morgan fingerprint density at radius 3 is 2.90 bits per heavy atom. The largest absolute Gasteiger partial charge is 0.350 e. The molecule has 1 amide bonds. The molecule has 10 heavy (non-hydrogen) atoms. The maximum absolute atomic E-state index is 12.4. The Bertz CT molecular complexity index is 147. The fraction of sp³-hybridized carbons (Fsp3) is 0.833. The van der Waals surface area contributed by atoms with E-state index in [1.165, 1.54) is 0 Å². The molecule has 1 fully saturated rings. The van der Waals surface area contributed by atoms with Crippen LogP contribution in [0.1, 0.15) is 19.3 Å². The number of hydrogen-bond acceptors (Lipinski definition) is 1. The third-order valence-corrected chi connectivity index (χ3v) is 1.49. The van der Waals surface area contributed by atoms with Gasteiger partial charge in [-0.1, -0.05) is 0 Å². The smallest absolute Gasteiger partial charge is 0.265 e. The quantitative estimate of drug-likeness (QED) is 0.545. The lowest BCUT2D eigenvalue weighted by molar-refractivity contribution is -0.121. The van der Waals surface area contributed by atoms with Crippen LogP contribution in [0, 0.1) is 0 Å². The van der Waals surface area contributed by atoms with Crippen LogP contribution in [0.2, 0.25) is 0 Å². The van der Waals surface area contributed by atoms with Crippen LogP contribution in [-0.4, -0.2) is 18.4 Å². The second-order valence-electron chi connectivity index (χ2n) is 2.49. The molecule has 0 saturated carbocycles. The maximum atomic E-state index is 12.4. The monoisotopic (exact) mass is 149 g/mol. The fourth-order valence-corrected chi connectivity index (χ4v) is 0.912. The summed E-state index contributed by atoms with van der Waals surface area (Å²) in [6.07, 6.45) is 0.347. The molecule has 1 heterocycles. The molecular weight excluding hydrogens is 140 g/mol. The highest BCUT2D eigenvalue weighted by Gasteiger charge is 2.31. The summed E-state index contributed by atoms with van der Waals surface area (Å²) >= 11 is 0. The van der Waals surface area contributed by atoms with Crippen molar-refractivity contribution in [2.75, 3.05) is 6.54 Å². The van der Waals surface area contributed by atoms with Gasteiger partial charge in [0.15, 0.2) is 0 Å². The van der Waals surface area contributed by atoms with Crippen molar-refractivity contribution in [3.8, 4) is 0 Å². The lowest BCUT2D eigenvalue weighted by atomic mass is 10.2. The van der Waals surface area contributed by atoms with Gasteiger partial charge in [0, 0.05) is 12.8 Å². The zero-order valence-corrected chi connectivity index (χ0v) is 5.49. The van der Waals surface area contributed by atoms with Gasteiger partial charge >= 0.3 is 0 Å². The van der Waals surface area contributed by atoms with Crippen LogP contribution in [-0.2, 0) is 4.79 Å². The Morgan fingerprint density at radius 2 is 2.20 bits per heavy atom. The number of nitrogens with one attached hydrogen (secondary N) is 1. The van der Waals surface area contributed by atoms with Gasteiger partial charge in [-0.3, -0.25) is 4.79 Å². The second-order valence-corrected chi connectivity index (χ2v) is 2.49. The van der Waals surface area contributed by atoms with Crippen molar-refractivity contribution in [1.82, 2.24) is 5.32 Å². The predicted molar refractivity (Wildman–Crippen MR) is 31.8 cm³/mol. The Labute approximate surface area is 57.6 Å². The molecule has 0 aromatic carbocycles. The van der Waals surface area contributed by atoms with Gasteiger partial charge in [0.25, 0.3) is 5.92 Å². The summed E-state index contributed by atoms with van der Waals surface area (Å²) in [5.41, 5.74) is 0. The van der Waals surface area contributed by atoms with E-state index in [9.17, 15) is 13.6 Å². The molecule has 0 atom stereocenters. The molecule has 1 aliphatic rings. The zero-order chi connectivity index (χ0) is 7.61. The highest BCUT2D eigenvalue weighted by molar-refractivity contribution is 5.76. The van der Waals surface area contributed by atoms with Crippen LogP contribution >= 0.6 is 0 Å². The van der Waals surface area contributed by atoms with E-state index >= 15 is 0 Å². The number of alkyl halides is 2. The van der Waals surface area contributed by atoms with Crippen LogP contribution in [0.15, 0.2) is 0 Å². The van der Waals surface area contributed by atoms with E-state index in [1.807, 2.05) is 0 Å². The molecular formula is C6H9F2NO. The fourth-order valence-electron chi connectivity index (χ4n) is 0.912. The van der Waals surface area contributed by atoms with Crippen LogP contribution in [0.5, 0.6) is 0 Å². The third kappa shape index (κ3) is 1.93. The van der Waals surface area contributed by atoms with Crippen LogP contribution < -0.4 is 5.32 Å². The van der Waals surface area contributed by atoms with Crippen molar-refractivity contribution in [1.29, 1.82) is 0 Å². The van der Waals surface area contributed by atoms with Crippen molar-refractivity contribution in [3.63, 3.8) is 0 Å². The first-order valence-electron chi connectivity index (χ1n) is 3.25. The number of carbonyl (C=O) groups excluding carboxylic acids is 1. The SMILES string of the molecule is O=C1CCCC(F)(F)CN1. The molecule has 2 nitrogen and oxygen atoms in total. The van der Waals surface area contributed by atoms with E-state index in [0.717, 1.165) is 0 Å². The van der Waals surface area contributed by atoms with Crippen LogP contribution in [0.25, 0.3) is 0 Å². The molecule has 0 spiro atoms. The highest BCUT2D eigenvalue weighted by Crippen LogP contribution is 2.22. The van der Waals surface area contributed by atoms with Gasteiger partial charge in [0.05, 0.1) is 6.54 Å². The lowest BCUT2D eigenvalue weighted by Crippen LogP contribution is -2.32.